The molecule has 0 aromatic heterocycles. The Bertz CT molecular complexity index is 302. The third-order valence-corrected chi connectivity index (χ3v) is 2.41. The molecular weight excluding hydrogens is 262 g/mol. The molecule has 0 bridgehead atoms. The van der Waals surface area contributed by atoms with Gasteiger partial charge in [0.25, 0.3) is 0 Å². The summed E-state index contributed by atoms with van der Waals surface area (Å²) < 4.78 is 5.33. The van der Waals surface area contributed by atoms with Crippen molar-refractivity contribution in [2.24, 2.45) is 5.73 Å². The standard InChI is InChI=1S/C13H27N3O4/c1-13(2,3)20-12(19)16(9-5-4-7-14)10-6-8-15-11(17)18/h15H,4-10,14H2,1-3H3,(H,17,18). The molecule has 0 saturated heterocycles. The van der Waals surface area contributed by atoms with E-state index in [1.54, 1.807) is 4.90 Å². The highest BCUT2D eigenvalue weighted by Crippen LogP contribution is 2.10. The Kier molecular flexibility index (Phi) is 8.71. The Morgan fingerprint density at radius 3 is 2.30 bits per heavy atom. The lowest BCUT2D eigenvalue weighted by molar-refractivity contribution is 0.0245. The predicted molar refractivity (Wildman–Crippen MR) is 76.7 cm³/mol. The summed E-state index contributed by atoms with van der Waals surface area (Å²) >= 11 is 0. The van der Waals surface area contributed by atoms with Crippen LogP contribution >= 0.6 is 0 Å². The number of amides is 2. The molecule has 0 radical (unpaired) electrons. The molecule has 4 N–H and O–H groups in total. The van der Waals surface area contributed by atoms with Crippen LogP contribution in [0.1, 0.15) is 40.0 Å². The number of unbranched alkanes of at least 4 members (excludes halogenated alkanes) is 1. The second kappa shape index (κ2) is 9.41. The highest BCUT2D eigenvalue weighted by Gasteiger charge is 2.21. The Morgan fingerprint density at radius 1 is 1.20 bits per heavy atom. The molecular formula is C13H27N3O4. The topological polar surface area (TPSA) is 105 Å². The van der Waals surface area contributed by atoms with E-state index in [-0.39, 0.29) is 6.09 Å². The van der Waals surface area contributed by atoms with Gasteiger partial charge in [-0.1, -0.05) is 0 Å². The largest absolute Gasteiger partial charge is 0.465 e. The minimum absolute atomic E-state index is 0.311. The van der Waals surface area contributed by atoms with Gasteiger partial charge in [-0.2, -0.15) is 0 Å². The van der Waals surface area contributed by atoms with E-state index in [1.165, 1.54) is 0 Å². The predicted octanol–water partition coefficient (Wildman–Crippen LogP) is 1.62. The normalized spacial score (nSPS) is 11.0. The van der Waals surface area contributed by atoms with Crippen LogP contribution in [-0.2, 0) is 4.74 Å². The van der Waals surface area contributed by atoms with E-state index in [0.29, 0.717) is 32.6 Å². The molecule has 0 saturated carbocycles. The molecule has 7 nitrogen and oxygen atoms in total. The summed E-state index contributed by atoms with van der Waals surface area (Å²) in [4.78, 5) is 24.0. The SMILES string of the molecule is CC(C)(C)OC(=O)N(CCCCN)CCCNC(=O)O. The molecule has 2 amide bonds. The van der Waals surface area contributed by atoms with E-state index in [2.05, 4.69) is 5.32 Å². The Labute approximate surface area is 120 Å². The minimum atomic E-state index is -1.06. The number of rotatable bonds is 8. The maximum absolute atomic E-state index is 12.0. The lowest BCUT2D eigenvalue weighted by Crippen LogP contribution is -2.39. The number of carboxylic acid groups (broad SMARTS) is 1. The molecule has 0 aliphatic heterocycles. The van der Waals surface area contributed by atoms with Crippen molar-refractivity contribution < 1.29 is 19.4 Å². The second-order valence-corrected chi connectivity index (χ2v) is 5.55. The summed E-state index contributed by atoms with van der Waals surface area (Å²) in [6, 6.07) is 0. The first-order valence-electron chi connectivity index (χ1n) is 6.91. The molecule has 0 aromatic rings. The molecule has 0 heterocycles. The smallest absolute Gasteiger partial charge is 0.410 e. The first-order valence-corrected chi connectivity index (χ1v) is 6.91. The molecule has 0 fully saturated rings. The van der Waals surface area contributed by atoms with Gasteiger partial charge >= 0.3 is 12.2 Å². The van der Waals surface area contributed by atoms with Gasteiger partial charge in [-0.05, 0) is 46.6 Å². The van der Waals surface area contributed by atoms with E-state index in [1.807, 2.05) is 20.8 Å². The summed E-state index contributed by atoms with van der Waals surface area (Å²) in [7, 11) is 0. The lowest BCUT2D eigenvalue weighted by Gasteiger charge is -2.27. The van der Waals surface area contributed by atoms with E-state index in [9.17, 15) is 9.59 Å². The van der Waals surface area contributed by atoms with Crippen LogP contribution in [0.5, 0.6) is 0 Å². The third-order valence-electron chi connectivity index (χ3n) is 2.41. The van der Waals surface area contributed by atoms with Crippen LogP contribution in [0, 0.1) is 0 Å². The van der Waals surface area contributed by atoms with Crippen molar-refractivity contribution in [3.05, 3.63) is 0 Å². The lowest BCUT2D eigenvalue weighted by atomic mass is 10.2. The first-order chi connectivity index (χ1) is 9.26. The van der Waals surface area contributed by atoms with Crippen molar-refractivity contribution in [1.82, 2.24) is 10.2 Å². The van der Waals surface area contributed by atoms with Crippen molar-refractivity contribution >= 4 is 12.2 Å². The average Bonchev–Trinajstić information content (AvgIpc) is 2.29. The third kappa shape index (κ3) is 10.4. The van der Waals surface area contributed by atoms with Crippen molar-refractivity contribution in [1.29, 1.82) is 0 Å². The quantitative estimate of drug-likeness (QED) is 0.589. The van der Waals surface area contributed by atoms with Gasteiger partial charge in [0.05, 0.1) is 0 Å². The molecule has 0 aromatic carbocycles. The Hall–Kier alpha value is -1.50. The first kappa shape index (κ1) is 18.5. The van der Waals surface area contributed by atoms with Crippen molar-refractivity contribution in [3.8, 4) is 0 Å². The van der Waals surface area contributed by atoms with Crippen molar-refractivity contribution in [3.63, 3.8) is 0 Å². The van der Waals surface area contributed by atoms with E-state index in [4.69, 9.17) is 15.6 Å². The molecule has 0 rings (SSSR count). The molecule has 20 heavy (non-hydrogen) atoms. The number of hydrogen-bond donors (Lipinski definition) is 3. The number of carbonyl (C=O) groups excluding carboxylic acids is 1. The summed E-state index contributed by atoms with van der Waals surface area (Å²) in [5.74, 6) is 0. The fourth-order valence-electron chi connectivity index (χ4n) is 1.53. The van der Waals surface area contributed by atoms with Crippen LogP contribution in [0.15, 0.2) is 0 Å². The van der Waals surface area contributed by atoms with Gasteiger partial charge in [-0.3, -0.25) is 0 Å². The Morgan fingerprint density at radius 2 is 1.80 bits per heavy atom. The molecule has 0 spiro atoms. The van der Waals surface area contributed by atoms with Gasteiger partial charge in [-0.15, -0.1) is 0 Å². The molecule has 0 unspecified atom stereocenters. The number of nitrogens with one attached hydrogen (secondary N) is 1. The maximum atomic E-state index is 12.0. The molecule has 0 aliphatic rings. The summed E-state index contributed by atoms with van der Waals surface area (Å²) in [6.45, 7) is 7.37. The summed E-state index contributed by atoms with van der Waals surface area (Å²) in [6.07, 6.45) is 0.768. The van der Waals surface area contributed by atoms with Gasteiger partial charge in [-0.25, -0.2) is 9.59 Å². The van der Waals surface area contributed by atoms with E-state index in [0.717, 1.165) is 12.8 Å². The number of ether oxygens (including phenoxy) is 1. The molecule has 7 heteroatoms. The van der Waals surface area contributed by atoms with E-state index < -0.39 is 11.7 Å². The van der Waals surface area contributed by atoms with Crippen LogP contribution in [0.2, 0.25) is 0 Å². The van der Waals surface area contributed by atoms with Gasteiger partial charge in [0.1, 0.15) is 5.60 Å². The second-order valence-electron chi connectivity index (χ2n) is 5.55. The zero-order chi connectivity index (χ0) is 15.6. The molecule has 118 valence electrons. The van der Waals surface area contributed by atoms with Crippen LogP contribution in [0.4, 0.5) is 9.59 Å². The van der Waals surface area contributed by atoms with Gasteiger partial charge in [0.15, 0.2) is 0 Å². The number of hydrogen-bond acceptors (Lipinski definition) is 4. The Balaban J connectivity index is 4.25. The zero-order valence-electron chi connectivity index (χ0n) is 12.6. The van der Waals surface area contributed by atoms with Crippen LogP contribution in [-0.4, -0.2) is 54.0 Å². The molecule has 0 atom stereocenters. The van der Waals surface area contributed by atoms with Gasteiger partial charge < -0.3 is 25.8 Å². The highest BCUT2D eigenvalue weighted by atomic mass is 16.6. The van der Waals surface area contributed by atoms with Gasteiger partial charge in [0, 0.05) is 19.6 Å². The monoisotopic (exact) mass is 289 g/mol. The van der Waals surface area contributed by atoms with Crippen molar-refractivity contribution in [2.75, 3.05) is 26.2 Å². The number of nitrogens with two attached hydrogens (primary N) is 1. The van der Waals surface area contributed by atoms with Crippen LogP contribution < -0.4 is 11.1 Å². The highest BCUT2D eigenvalue weighted by molar-refractivity contribution is 5.68. The zero-order valence-corrected chi connectivity index (χ0v) is 12.6. The number of nitrogens with zero attached hydrogens (tertiary/aromatic N) is 1. The fraction of sp³-hybridized carbons (Fsp3) is 0.846. The van der Waals surface area contributed by atoms with Crippen molar-refractivity contribution in [2.45, 2.75) is 45.6 Å². The van der Waals surface area contributed by atoms with Gasteiger partial charge in [0.2, 0.25) is 0 Å². The maximum Gasteiger partial charge on any atom is 0.410 e. The number of carbonyl (C=O) groups is 2. The molecule has 0 aliphatic carbocycles. The van der Waals surface area contributed by atoms with Crippen LogP contribution in [0.25, 0.3) is 0 Å². The fourth-order valence-corrected chi connectivity index (χ4v) is 1.53. The minimum Gasteiger partial charge on any atom is -0.465 e. The summed E-state index contributed by atoms with van der Waals surface area (Å²) in [5.41, 5.74) is 4.90. The summed E-state index contributed by atoms with van der Waals surface area (Å²) in [5, 5.41) is 10.8. The van der Waals surface area contributed by atoms with E-state index >= 15 is 0 Å². The average molecular weight is 289 g/mol. The van der Waals surface area contributed by atoms with Crippen LogP contribution in [0.3, 0.4) is 0 Å².